The quantitative estimate of drug-likeness (QED) is 0.287. The van der Waals surface area contributed by atoms with E-state index in [9.17, 15) is 13.6 Å². The number of nitrogens with zero attached hydrogens (tertiary/aromatic N) is 1. The lowest BCUT2D eigenvalue weighted by molar-refractivity contribution is -0.121. The fraction of sp³-hybridized carbons (Fsp3) is 0.333. The van der Waals surface area contributed by atoms with Crippen molar-refractivity contribution >= 4 is 35.8 Å². The summed E-state index contributed by atoms with van der Waals surface area (Å²) in [6.07, 6.45) is 1.12. The van der Waals surface area contributed by atoms with Crippen LogP contribution in [0.2, 0.25) is 0 Å². The first-order valence-corrected chi connectivity index (χ1v) is 9.12. The summed E-state index contributed by atoms with van der Waals surface area (Å²) < 4.78 is 26.2. The van der Waals surface area contributed by atoms with Crippen LogP contribution in [0.3, 0.4) is 0 Å². The van der Waals surface area contributed by atoms with Gasteiger partial charge in [0.15, 0.2) is 5.96 Å². The minimum absolute atomic E-state index is 0. The van der Waals surface area contributed by atoms with Crippen LogP contribution >= 0.6 is 24.0 Å². The van der Waals surface area contributed by atoms with Crippen LogP contribution in [0.25, 0.3) is 0 Å². The molecule has 0 spiro atoms. The maximum atomic E-state index is 13.2. The van der Waals surface area contributed by atoms with Gasteiger partial charge >= 0.3 is 0 Å². The maximum Gasteiger partial charge on any atom is 0.222 e. The van der Waals surface area contributed by atoms with E-state index < -0.39 is 11.8 Å². The highest BCUT2D eigenvalue weighted by Crippen LogP contribution is 2.11. The van der Waals surface area contributed by atoms with Crippen LogP contribution < -0.4 is 16.4 Å². The van der Waals surface area contributed by atoms with Crippen LogP contribution in [0.4, 0.5) is 8.78 Å². The first-order chi connectivity index (χ1) is 13.4. The third-order valence-electron chi connectivity index (χ3n) is 4.53. The van der Waals surface area contributed by atoms with Gasteiger partial charge in [-0.15, -0.1) is 24.0 Å². The van der Waals surface area contributed by atoms with E-state index in [2.05, 4.69) is 15.6 Å². The number of nitrogens with one attached hydrogen (secondary N) is 2. The van der Waals surface area contributed by atoms with Crippen molar-refractivity contribution < 1.29 is 13.6 Å². The van der Waals surface area contributed by atoms with Crippen molar-refractivity contribution in [2.75, 3.05) is 20.1 Å². The molecular formula is C21H27F2IN4O. The summed E-state index contributed by atoms with van der Waals surface area (Å²) in [5, 5.41) is 6.27. The number of guanidine groups is 1. The van der Waals surface area contributed by atoms with Crippen molar-refractivity contribution in [2.45, 2.75) is 19.8 Å². The lowest BCUT2D eigenvalue weighted by Crippen LogP contribution is -2.43. The Labute approximate surface area is 187 Å². The number of benzene rings is 2. The second-order valence-corrected chi connectivity index (χ2v) is 6.63. The van der Waals surface area contributed by atoms with Gasteiger partial charge in [-0.2, -0.15) is 0 Å². The minimum Gasteiger partial charge on any atom is -0.369 e. The Kier molecular flexibility index (Phi) is 10.6. The second-order valence-electron chi connectivity index (χ2n) is 6.63. The Hall–Kier alpha value is -2.23. The average molecular weight is 516 g/mol. The zero-order chi connectivity index (χ0) is 20.5. The van der Waals surface area contributed by atoms with Crippen LogP contribution in [0.15, 0.2) is 47.5 Å². The molecule has 8 heteroatoms. The summed E-state index contributed by atoms with van der Waals surface area (Å²) in [5.74, 6) is -0.911. The number of aryl methyl sites for hydroxylation is 1. The minimum atomic E-state index is -0.455. The highest BCUT2D eigenvalue weighted by molar-refractivity contribution is 14.0. The van der Waals surface area contributed by atoms with Crippen LogP contribution in [-0.4, -0.2) is 32.0 Å². The van der Waals surface area contributed by atoms with Crippen molar-refractivity contribution in [3.05, 3.63) is 70.8 Å². The van der Waals surface area contributed by atoms with Gasteiger partial charge in [-0.25, -0.2) is 8.78 Å². The number of hydrogen-bond acceptors (Lipinski definition) is 2. The molecule has 0 saturated carbocycles. The van der Waals surface area contributed by atoms with Gasteiger partial charge in [0, 0.05) is 20.1 Å². The summed E-state index contributed by atoms with van der Waals surface area (Å²) in [5.41, 5.74) is 8.29. The van der Waals surface area contributed by atoms with E-state index in [0.717, 1.165) is 16.7 Å². The third kappa shape index (κ3) is 8.35. The van der Waals surface area contributed by atoms with Crippen LogP contribution in [0.1, 0.15) is 16.7 Å². The standard InChI is InChI=1S/C21H26F2N4O.HI/c1-14-11-19(23)8-5-16(14)9-10-26-21(25-2)27-13-17(20(24)28)12-15-3-6-18(22)7-4-15;/h3-8,11,17H,9-10,12-13H2,1-2H3,(H2,24,28)(H2,25,26,27);1H. The van der Waals surface area contributed by atoms with Gasteiger partial charge in [-0.05, 0) is 60.7 Å². The lowest BCUT2D eigenvalue weighted by atomic mass is 9.98. The van der Waals surface area contributed by atoms with Crippen molar-refractivity contribution in [3.63, 3.8) is 0 Å². The van der Waals surface area contributed by atoms with Gasteiger partial charge in [0.2, 0.25) is 5.91 Å². The van der Waals surface area contributed by atoms with Gasteiger partial charge in [0.25, 0.3) is 0 Å². The number of rotatable bonds is 8. The normalized spacial score (nSPS) is 12.1. The smallest absolute Gasteiger partial charge is 0.222 e. The van der Waals surface area contributed by atoms with Crippen molar-refractivity contribution in [3.8, 4) is 0 Å². The van der Waals surface area contributed by atoms with E-state index >= 15 is 0 Å². The van der Waals surface area contributed by atoms with Gasteiger partial charge in [-0.1, -0.05) is 18.2 Å². The number of primary amides is 1. The Bertz CT molecular complexity index is 828. The fourth-order valence-electron chi connectivity index (χ4n) is 2.87. The molecule has 0 aromatic heterocycles. The molecule has 1 amide bonds. The zero-order valence-corrected chi connectivity index (χ0v) is 18.9. The molecular weight excluding hydrogens is 489 g/mol. The van der Waals surface area contributed by atoms with E-state index in [-0.39, 0.29) is 35.6 Å². The van der Waals surface area contributed by atoms with Crippen molar-refractivity contribution in [2.24, 2.45) is 16.6 Å². The molecule has 0 radical (unpaired) electrons. The summed E-state index contributed by atoms with van der Waals surface area (Å²) in [4.78, 5) is 15.9. The number of aliphatic imine (C=N–C) groups is 1. The summed E-state index contributed by atoms with van der Waals surface area (Å²) in [6, 6.07) is 10.7. The topological polar surface area (TPSA) is 79.5 Å². The molecule has 0 saturated heterocycles. The summed E-state index contributed by atoms with van der Waals surface area (Å²) >= 11 is 0. The molecule has 158 valence electrons. The SMILES string of the molecule is CN=C(NCCc1ccc(F)cc1C)NCC(Cc1ccc(F)cc1)C(N)=O.I. The number of halogens is 3. The molecule has 0 heterocycles. The third-order valence-corrected chi connectivity index (χ3v) is 4.53. The molecule has 2 rings (SSSR count). The molecule has 4 N–H and O–H groups in total. The number of nitrogens with two attached hydrogens (primary N) is 1. The monoisotopic (exact) mass is 516 g/mol. The molecule has 1 unspecified atom stereocenters. The Balaban J connectivity index is 0.00000420. The van der Waals surface area contributed by atoms with E-state index in [1.807, 2.05) is 6.92 Å². The van der Waals surface area contributed by atoms with Gasteiger partial charge in [0.05, 0.1) is 5.92 Å². The molecule has 2 aromatic carbocycles. The van der Waals surface area contributed by atoms with Crippen molar-refractivity contribution in [1.29, 1.82) is 0 Å². The summed E-state index contributed by atoms with van der Waals surface area (Å²) in [7, 11) is 1.64. The zero-order valence-electron chi connectivity index (χ0n) is 16.5. The Morgan fingerprint density at radius 3 is 2.34 bits per heavy atom. The molecule has 5 nitrogen and oxygen atoms in total. The molecule has 0 bridgehead atoms. The Morgan fingerprint density at radius 2 is 1.76 bits per heavy atom. The number of carbonyl (C=O) groups excluding carboxylic acids is 1. The molecule has 2 aromatic rings. The van der Waals surface area contributed by atoms with E-state index in [0.29, 0.717) is 31.9 Å². The number of amides is 1. The number of hydrogen-bond donors (Lipinski definition) is 3. The molecule has 29 heavy (non-hydrogen) atoms. The van der Waals surface area contributed by atoms with Crippen molar-refractivity contribution in [1.82, 2.24) is 10.6 Å². The first-order valence-electron chi connectivity index (χ1n) is 9.12. The highest BCUT2D eigenvalue weighted by Gasteiger charge is 2.16. The predicted molar refractivity (Wildman–Crippen MR) is 122 cm³/mol. The second kappa shape index (κ2) is 12.4. The molecule has 0 aliphatic heterocycles. The molecule has 0 aliphatic rings. The van der Waals surface area contributed by atoms with E-state index in [4.69, 9.17) is 5.73 Å². The van der Waals surface area contributed by atoms with E-state index in [1.54, 1.807) is 25.2 Å². The van der Waals surface area contributed by atoms with Gasteiger partial charge in [-0.3, -0.25) is 9.79 Å². The van der Waals surface area contributed by atoms with Gasteiger partial charge in [0.1, 0.15) is 11.6 Å². The predicted octanol–water partition coefficient (Wildman–Crippen LogP) is 2.94. The van der Waals surface area contributed by atoms with Crippen LogP contribution in [0.5, 0.6) is 0 Å². The van der Waals surface area contributed by atoms with Crippen LogP contribution in [-0.2, 0) is 17.6 Å². The largest absolute Gasteiger partial charge is 0.369 e. The Morgan fingerprint density at radius 1 is 1.10 bits per heavy atom. The fourth-order valence-corrected chi connectivity index (χ4v) is 2.87. The lowest BCUT2D eigenvalue weighted by Gasteiger charge is -2.17. The molecule has 1 atom stereocenters. The molecule has 0 fully saturated rings. The number of carbonyl (C=O) groups is 1. The highest BCUT2D eigenvalue weighted by atomic mass is 127. The summed E-state index contributed by atoms with van der Waals surface area (Å²) in [6.45, 7) is 2.78. The maximum absolute atomic E-state index is 13.2. The average Bonchev–Trinajstić information content (AvgIpc) is 2.66. The molecule has 0 aliphatic carbocycles. The van der Waals surface area contributed by atoms with E-state index in [1.165, 1.54) is 24.3 Å². The van der Waals surface area contributed by atoms with Gasteiger partial charge < -0.3 is 16.4 Å². The first kappa shape index (κ1) is 24.8. The van der Waals surface area contributed by atoms with Crippen LogP contribution in [0, 0.1) is 24.5 Å².